The van der Waals surface area contributed by atoms with Crippen molar-refractivity contribution in [2.24, 2.45) is 28.4 Å². The number of nitrogens with one attached hydrogen (secondary N) is 1. The summed E-state index contributed by atoms with van der Waals surface area (Å²) < 4.78 is 43.3. The van der Waals surface area contributed by atoms with Gasteiger partial charge in [-0.1, -0.05) is 31.4 Å². The van der Waals surface area contributed by atoms with Gasteiger partial charge in [-0.3, -0.25) is 9.59 Å². The largest absolute Gasteiger partial charge is 0.369 e. The van der Waals surface area contributed by atoms with Gasteiger partial charge in [-0.2, -0.15) is 4.72 Å². The van der Waals surface area contributed by atoms with Gasteiger partial charge in [-0.25, -0.2) is 12.8 Å². The Morgan fingerprint density at radius 3 is 2.27 bits per heavy atom. The van der Waals surface area contributed by atoms with Crippen LogP contribution in [0.2, 0.25) is 0 Å². The molecule has 6 rings (SSSR count). The van der Waals surface area contributed by atoms with Gasteiger partial charge < -0.3 is 5.73 Å². The number of primary amides is 1. The summed E-state index contributed by atoms with van der Waals surface area (Å²) in [5, 5.41) is 0. The molecule has 0 spiro atoms. The van der Waals surface area contributed by atoms with Crippen LogP contribution in [-0.2, 0) is 19.6 Å². The van der Waals surface area contributed by atoms with Crippen molar-refractivity contribution in [1.82, 2.24) is 4.72 Å². The van der Waals surface area contributed by atoms with E-state index in [4.69, 9.17) is 5.73 Å². The molecule has 0 radical (unpaired) electrons. The maximum Gasteiger partial charge on any atom is 0.244 e. The van der Waals surface area contributed by atoms with Crippen LogP contribution < -0.4 is 10.5 Å². The van der Waals surface area contributed by atoms with Gasteiger partial charge in [0.2, 0.25) is 15.9 Å². The molecule has 1 aromatic rings. The molecule has 33 heavy (non-hydrogen) atoms. The molecule has 4 bridgehead atoms. The first-order chi connectivity index (χ1) is 15.6. The molecule has 8 heteroatoms. The van der Waals surface area contributed by atoms with Crippen molar-refractivity contribution in [2.75, 3.05) is 0 Å². The van der Waals surface area contributed by atoms with Gasteiger partial charge in [0.25, 0.3) is 0 Å². The standard InChI is InChI=1S/C25H33FN2O4S/c26-19-6-2-3-7-20(19)33(31,32)28-25(8-4-1-5-9-25)21(29)15-23-11-17-10-18(12-23)14-24(13-17,16-23)22(27)30/h2-3,6-7,17-18,28H,1,4-5,8-16H2,(H2,27,30). The number of Topliss-reactive ketones (excluding diaryl/α,β-unsaturated/α-hetero) is 1. The molecule has 5 fully saturated rings. The Labute approximate surface area is 194 Å². The molecule has 6 nitrogen and oxygen atoms in total. The van der Waals surface area contributed by atoms with E-state index in [0.29, 0.717) is 31.1 Å². The quantitative estimate of drug-likeness (QED) is 0.624. The summed E-state index contributed by atoms with van der Waals surface area (Å²) in [4.78, 5) is 25.9. The van der Waals surface area contributed by atoms with Crippen LogP contribution in [0.3, 0.4) is 0 Å². The van der Waals surface area contributed by atoms with E-state index < -0.39 is 31.7 Å². The second-order valence-electron chi connectivity index (χ2n) is 11.4. The minimum Gasteiger partial charge on any atom is -0.369 e. The van der Waals surface area contributed by atoms with Crippen LogP contribution in [0, 0.1) is 28.5 Å². The molecule has 2 atom stereocenters. The highest BCUT2D eigenvalue weighted by Gasteiger charge is 2.61. The number of benzene rings is 1. The average Bonchev–Trinajstić information content (AvgIpc) is 2.73. The molecule has 2 unspecified atom stereocenters. The number of rotatable bonds is 7. The molecule has 0 saturated heterocycles. The lowest BCUT2D eigenvalue weighted by Gasteiger charge is -2.61. The number of halogens is 1. The molecule has 180 valence electrons. The summed E-state index contributed by atoms with van der Waals surface area (Å²) >= 11 is 0. The lowest BCUT2D eigenvalue weighted by Crippen LogP contribution is -2.60. The first-order valence-corrected chi connectivity index (χ1v) is 13.7. The fourth-order valence-electron chi connectivity index (χ4n) is 8.03. The zero-order valence-corrected chi connectivity index (χ0v) is 19.8. The summed E-state index contributed by atoms with van der Waals surface area (Å²) in [5.74, 6) is -0.370. The molecule has 3 N–H and O–H groups in total. The number of ketones is 1. The molecule has 1 aromatic carbocycles. The third-order valence-corrected chi connectivity index (χ3v) is 10.5. The van der Waals surface area contributed by atoms with Crippen LogP contribution >= 0.6 is 0 Å². The first-order valence-electron chi connectivity index (χ1n) is 12.2. The number of amides is 1. The van der Waals surface area contributed by atoms with Gasteiger partial charge >= 0.3 is 0 Å². The van der Waals surface area contributed by atoms with Gasteiger partial charge in [-0.15, -0.1) is 0 Å². The van der Waals surface area contributed by atoms with E-state index in [1.165, 1.54) is 18.2 Å². The smallest absolute Gasteiger partial charge is 0.244 e. The highest BCUT2D eigenvalue weighted by molar-refractivity contribution is 7.89. The maximum atomic E-state index is 14.3. The second kappa shape index (κ2) is 7.87. The van der Waals surface area contributed by atoms with Crippen LogP contribution in [-0.4, -0.2) is 25.6 Å². The first kappa shape index (κ1) is 23.0. The van der Waals surface area contributed by atoms with E-state index in [1.807, 2.05) is 0 Å². The molecule has 0 aliphatic heterocycles. The van der Waals surface area contributed by atoms with Crippen molar-refractivity contribution >= 4 is 21.7 Å². The van der Waals surface area contributed by atoms with E-state index in [2.05, 4.69) is 4.72 Å². The van der Waals surface area contributed by atoms with Crippen LogP contribution in [0.4, 0.5) is 4.39 Å². The Morgan fingerprint density at radius 1 is 1.03 bits per heavy atom. The van der Waals surface area contributed by atoms with E-state index >= 15 is 0 Å². The van der Waals surface area contributed by atoms with Crippen molar-refractivity contribution in [3.63, 3.8) is 0 Å². The molecule has 5 aliphatic rings. The number of carbonyl (C=O) groups is 2. The topological polar surface area (TPSA) is 106 Å². The normalized spacial score (nSPS) is 34.8. The molecular weight excluding hydrogens is 443 g/mol. The van der Waals surface area contributed by atoms with Gasteiger partial charge in [0.1, 0.15) is 10.7 Å². The Morgan fingerprint density at radius 2 is 1.67 bits per heavy atom. The zero-order valence-electron chi connectivity index (χ0n) is 18.9. The number of hydrogen-bond acceptors (Lipinski definition) is 4. The SMILES string of the molecule is NC(=O)C12CC3CC(CC(CC(=O)C4(NS(=O)(=O)c5ccccc5F)CCCCC4)(C3)C1)C2. The summed E-state index contributed by atoms with van der Waals surface area (Å²) in [7, 11) is -4.21. The number of sulfonamides is 1. The van der Waals surface area contributed by atoms with Gasteiger partial charge in [0.15, 0.2) is 5.78 Å². The van der Waals surface area contributed by atoms with Crippen LogP contribution in [0.15, 0.2) is 29.2 Å². The van der Waals surface area contributed by atoms with E-state index in [0.717, 1.165) is 57.4 Å². The minimum atomic E-state index is -4.21. The van der Waals surface area contributed by atoms with E-state index in [1.54, 1.807) is 0 Å². The number of carbonyl (C=O) groups excluding carboxylic acids is 2. The second-order valence-corrected chi connectivity index (χ2v) is 13.0. The fourth-order valence-corrected chi connectivity index (χ4v) is 9.55. The number of hydrogen-bond donors (Lipinski definition) is 2. The molecule has 5 saturated carbocycles. The van der Waals surface area contributed by atoms with Gasteiger partial charge in [-0.05, 0) is 80.8 Å². The van der Waals surface area contributed by atoms with Crippen molar-refractivity contribution < 1.29 is 22.4 Å². The summed E-state index contributed by atoms with van der Waals surface area (Å²) in [6, 6.07) is 5.26. The fraction of sp³-hybridized carbons (Fsp3) is 0.680. The van der Waals surface area contributed by atoms with Crippen LogP contribution in [0.25, 0.3) is 0 Å². The minimum absolute atomic E-state index is 0.108. The number of nitrogens with two attached hydrogens (primary N) is 1. The monoisotopic (exact) mass is 476 g/mol. The maximum absolute atomic E-state index is 14.3. The third-order valence-electron chi connectivity index (χ3n) is 8.94. The lowest BCUT2D eigenvalue weighted by molar-refractivity contribution is -0.159. The van der Waals surface area contributed by atoms with Crippen molar-refractivity contribution in [3.8, 4) is 0 Å². The molecule has 0 heterocycles. The molecule has 1 amide bonds. The van der Waals surface area contributed by atoms with Gasteiger partial charge in [0.05, 0.1) is 11.0 Å². The van der Waals surface area contributed by atoms with E-state index in [9.17, 15) is 22.4 Å². The van der Waals surface area contributed by atoms with Gasteiger partial charge in [0, 0.05) is 6.42 Å². The van der Waals surface area contributed by atoms with Crippen molar-refractivity contribution in [1.29, 1.82) is 0 Å². The summed E-state index contributed by atoms with van der Waals surface area (Å²) in [5.41, 5.74) is 3.84. The predicted molar refractivity (Wildman–Crippen MR) is 121 cm³/mol. The Bertz CT molecular complexity index is 1070. The van der Waals surface area contributed by atoms with Crippen LogP contribution in [0.1, 0.15) is 77.0 Å². The Kier molecular flexibility index (Phi) is 5.48. The van der Waals surface area contributed by atoms with Crippen molar-refractivity contribution in [3.05, 3.63) is 30.1 Å². The van der Waals surface area contributed by atoms with Crippen molar-refractivity contribution in [2.45, 2.75) is 87.5 Å². The molecule has 5 aliphatic carbocycles. The molecular formula is C25H33FN2O4S. The van der Waals surface area contributed by atoms with Crippen LogP contribution in [0.5, 0.6) is 0 Å². The predicted octanol–water partition coefficient (Wildman–Crippen LogP) is 3.84. The highest BCUT2D eigenvalue weighted by atomic mass is 32.2. The third kappa shape index (κ3) is 3.93. The van der Waals surface area contributed by atoms with E-state index in [-0.39, 0.29) is 23.5 Å². The summed E-state index contributed by atoms with van der Waals surface area (Å²) in [6.07, 6.45) is 8.70. The average molecular weight is 477 g/mol. The molecule has 0 aromatic heterocycles. The Hall–Kier alpha value is -1.80. The summed E-state index contributed by atoms with van der Waals surface area (Å²) in [6.45, 7) is 0. The zero-order chi connectivity index (χ0) is 23.5. The lowest BCUT2D eigenvalue weighted by atomic mass is 9.43. The Balaban J connectivity index is 1.44. The highest BCUT2D eigenvalue weighted by Crippen LogP contribution is 2.66.